The molecule has 0 saturated heterocycles. The van der Waals surface area contributed by atoms with Crippen molar-refractivity contribution in [3.05, 3.63) is 45.6 Å². The third-order valence-corrected chi connectivity index (χ3v) is 2.27. The van der Waals surface area contributed by atoms with Crippen molar-refractivity contribution in [2.75, 3.05) is 0 Å². The number of hydrogen-bond acceptors (Lipinski definition) is 4. The second-order valence-electron chi connectivity index (χ2n) is 3.10. The van der Waals surface area contributed by atoms with Gasteiger partial charge in [-0.25, -0.2) is 9.97 Å². The van der Waals surface area contributed by atoms with Crippen LogP contribution in [0.15, 0.2) is 24.7 Å². The minimum Gasteiger partial charge on any atom is -0.282 e. The first-order chi connectivity index (χ1) is 7.59. The lowest BCUT2D eigenvalue weighted by molar-refractivity contribution is -0.384. The van der Waals surface area contributed by atoms with Crippen molar-refractivity contribution in [1.29, 1.82) is 0 Å². The molecule has 2 rings (SSSR count). The van der Waals surface area contributed by atoms with Crippen molar-refractivity contribution >= 4 is 17.3 Å². The Morgan fingerprint density at radius 1 is 1.50 bits per heavy atom. The minimum atomic E-state index is -0.520. The number of aromatic nitrogens is 3. The molecule has 2 aromatic rings. The average Bonchev–Trinajstić information content (AvgIpc) is 2.64. The van der Waals surface area contributed by atoms with Crippen LogP contribution in [0, 0.1) is 17.0 Å². The van der Waals surface area contributed by atoms with Crippen LogP contribution in [0.25, 0.3) is 5.82 Å². The molecule has 0 aliphatic carbocycles. The lowest BCUT2D eigenvalue weighted by Crippen LogP contribution is -2.03. The van der Waals surface area contributed by atoms with Gasteiger partial charge in [0.15, 0.2) is 0 Å². The van der Waals surface area contributed by atoms with Gasteiger partial charge < -0.3 is 0 Å². The number of pyridine rings is 1. The molecule has 16 heavy (non-hydrogen) atoms. The molecule has 0 aromatic carbocycles. The Morgan fingerprint density at radius 2 is 2.25 bits per heavy atom. The summed E-state index contributed by atoms with van der Waals surface area (Å²) in [7, 11) is 0. The largest absolute Gasteiger partial charge is 0.313 e. The van der Waals surface area contributed by atoms with Crippen LogP contribution in [-0.2, 0) is 0 Å². The summed E-state index contributed by atoms with van der Waals surface area (Å²) in [6, 6.07) is 1.27. The Labute approximate surface area is 95.7 Å². The molecule has 0 N–H and O–H groups in total. The maximum atomic E-state index is 10.9. The van der Waals surface area contributed by atoms with Crippen LogP contribution in [0.1, 0.15) is 5.82 Å². The van der Waals surface area contributed by atoms with Crippen LogP contribution in [0.2, 0.25) is 5.02 Å². The van der Waals surface area contributed by atoms with Crippen LogP contribution in [0.5, 0.6) is 0 Å². The van der Waals surface area contributed by atoms with Crippen molar-refractivity contribution in [2.24, 2.45) is 0 Å². The van der Waals surface area contributed by atoms with Gasteiger partial charge in [-0.3, -0.25) is 14.7 Å². The summed E-state index contributed by atoms with van der Waals surface area (Å²) in [5.41, 5.74) is -0.145. The summed E-state index contributed by atoms with van der Waals surface area (Å²) < 4.78 is 1.54. The quantitative estimate of drug-likeness (QED) is 0.593. The minimum absolute atomic E-state index is 0.145. The molecule has 0 fully saturated rings. The summed E-state index contributed by atoms with van der Waals surface area (Å²) in [5.74, 6) is 0.835. The van der Waals surface area contributed by atoms with E-state index in [1.165, 1.54) is 16.8 Å². The topological polar surface area (TPSA) is 73.8 Å². The summed E-state index contributed by atoms with van der Waals surface area (Å²) in [6.45, 7) is 1.74. The van der Waals surface area contributed by atoms with E-state index in [9.17, 15) is 10.1 Å². The molecule has 2 heterocycles. The van der Waals surface area contributed by atoms with E-state index in [0.29, 0.717) is 5.82 Å². The van der Waals surface area contributed by atoms with Gasteiger partial charge in [-0.2, -0.15) is 0 Å². The zero-order valence-electron chi connectivity index (χ0n) is 8.29. The molecule has 0 radical (unpaired) electrons. The fourth-order valence-corrected chi connectivity index (χ4v) is 1.50. The van der Waals surface area contributed by atoms with E-state index in [-0.39, 0.29) is 16.5 Å². The average molecular weight is 239 g/mol. The van der Waals surface area contributed by atoms with Gasteiger partial charge in [-0.05, 0) is 6.92 Å². The molecule has 6 nitrogen and oxygen atoms in total. The highest BCUT2D eigenvalue weighted by Crippen LogP contribution is 2.24. The van der Waals surface area contributed by atoms with E-state index in [2.05, 4.69) is 9.97 Å². The maximum absolute atomic E-state index is 10.9. The lowest BCUT2D eigenvalue weighted by Gasteiger charge is -2.04. The number of nitrogens with zero attached hydrogens (tertiary/aromatic N) is 4. The number of nitro groups is 1. The number of aryl methyl sites for hydroxylation is 1. The van der Waals surface area contributed by atoms with Gasteiger partial charge in [0.25, 0.3) is 0 Å². The van der Waals surface area contributed by atoms with Gasteiger partial charge >= 0.3 is 5.69 Å². The Kier molecular flexibility index (Phi) is 2.57. The molecule has 0 saturated carbocycles. The normalized spacial score (nSPS) is 10.4. The maximum Gasteiger partial charge on any atom is 0.313 e. The van der Waals surface area contributed by atoms with E-state index in [1.54, 1.807) is 19.3 Å². The van der Waals surface area contributed by atoms with Gasteiger partial charge in [0, 0.05) is 24.7 Å². The highest BCUT2D eigenvalue weighted by Gasteiger charge is 2.18. The second kappa shape index (κ2) is 3.90. The first kappa shape index (κ1) is 10.6. The molecule has 0 spiro atoms. The number of imidazole rings is 1. The fraction of sp³-hybridized carbons (Fsp3) is 0.111. The van der Waals surface area contributed by atoms with Gasteiger partial charge in [0.1, 0.15) is 5.82 Å². The van der Waals surface area contributed by atoms with E-state index >= 15 is 0 Å². The van der Waals surface area contributed by atoms with E-state index in [0.717, 1.165) is 0 Å². The lowest BCUT2D eigenvalue weighted by atomic mass is 10.4. The monoisotopic (exact) mass is 238 g/mol. The van der Waals surface area contributed by atoms with Crippen molar-refractivity contribution in [3.63, 3.8) is 0 Å². The molecule has 0 atom stereocenters. The zero-order valence-corrected chi connectivity index (χ0v) is 9.05. The van der Waals surface area contributed by atoms with Crippen molar-refractivity contribution < 1.29 is 4.92 Å². The highest BCUT2D eigenvalue weighted by molar-refractivity contribution is 6.30. The summed E-state index contributed by atoms with van der Waals surface area (Å²) in [5, 5.41) is 11.1. The third kappa shape index (κ3) is 1.74. The van der Waals surface area contributed by atoms with Crippen LogP contribution in [0.4, 0.5) is 5.69 Å². The number of hydrogen-bond donors (Lipinski definition) is 0. The van der Waals surface area contributed by atoms with E-state index in [4.69, 9.17) is 11.6 Å². The Hall–Kier alpha value is -1.95. The smallest absolute Gasteiger partial charge is 0.282 e. The molecular formula is C9H7ClN4O2. The van der Waals surface area contributed by atoms with Crippen LogP contribution >= 0.6 is 11.6 Å². The summed E-state index contributed by atoms with van der Waals surface area (Å²) in [6.07, 6.45) is 4.53. The Morgan fingerprint density at radius 3 is 2.81 bits per heavy atom. The van der Waals surface area contributed by atoms with Crippen molar-refractivity contribution in [1.82, 2.24) is 14.5 Å². The van der Waals surface area contributed by atoms with Gasteiger partial charge in [-0.15, -0.1) is 0 Å². The molecule has 2 aromatic heterocycles. The molecule has 0 aliphatic rings. The first-order valence-electron chi connectivity index (χ1n) is 4.40. The van der Waals surface area contributed by atoms with Crippen LogP contribution in [-0.4, -0.2) is 19.5 Å². The Balaban J connectivity index is 2.65. The molecule has 7 heteroatoms. The fourth-order valence-electron chi connectivity index (χ4n) is 1.34. The molecule has 0 unspecified atom stereocenters. The van der Waals surface area contributed by atoms with Crippen molar-refractivity contribution in [2.45, 2.75) is 6.92 Å². The van der Waals surface area contributed by atoms with Crippen molar-refractivity contribution in [3.8, 4) is 5.82 Å². The van der Waals surface area contributed by atoms with Crippen LogP contribution in [0.3, 0.4) is 0 Å². The van der Waals surface area contributed by atoms with E-state index < -0.39 is 4.92 Å². The Bertz CT molecular complexity index is 552. The van der Waals surface area contributed by atoms with E-state index in [1.807, 2.05) is 0 Å². The van der Waals surface area contributed by atoms with Gasteiger partial charge in [-0.1, -0.05) is 11.6 Å². The second-order valence-corrected chi connectivity index (χ2v) is 3.53. The molecule has 0 amide bonds. The van der Waals surface area contributed by atoms with Gasteiger partial charge in [0.05, 0.1) is 9.95 Å². The summed E-state index contributed by atoms with van der Waals surface area (Å²) >= 11 is 5.67. The zero-order chi connectivity index (χ0) is 11.7. The molecule has 0 aliphatic heterocycles. The standard InChI is InChI=1S/C9H7ClN4O2/c1-6-11-2-3-13(6)9-8(14(15)16)4-7(10)5-12-9/h2-5H,1H3. The first-order valence-corrected chi connectivity index (χ1v) is 4.77. The van der Waals surface area contributed by atoms with Gasteiger partial charge in [0.2, 0.25) is 5.82 Å². The SMILES string of the molecule is Cc1nccn1-c1ncc(Cl)cc1[N+](=O)[O-]. The third-order valence-electron chi connectivity index (χ3n) is 2.06. The molecular weight excluding hydrogens is 232 g/mol. The summed E-state index contributed by atoms with van der Waals surface area (Å²) in [4.78, 5) is 18.3. The molecule has 82 valence electrons. The predicted molar refractivity (Wildman–Crippen MR) is 57.8 cm³/mol. The van der Waals surface area contributed by atoms with Crippen LogP contribution < -0.4 is 0 Å². The number of halogens is 1. The predicted octanol–water partition coefficient (Wildman–Crippen LogP) is 2.14. The highest BCUT2D eigenvalue weighted by atomic mass is 35.5. The number of rotatable bonds is 2. The molecule has 0 bridgehead atoms.